The number of rotatable bonds is 4. The van der Waals surface area contributed by atoms with Crippen molar-refractivity contribution in [3.63, 3.8) is 0 Å². The maximum absolute atomic E-state index is 11.1. The number of nitro groups is 1. The van der Waals surface area contributed by atoms with Crippen molar-refractivity contribution in [2.24, 2.45) is 0 Å². The highest BCUT2D eigenvalue weighted by molar-refractivity contribution is 6.46. The highest BCUT2D eigenvalue weighted by Crippen LogP contribution is 2.41. The second-order valence-corrected chi connectivity index (χ2v) is 6.22. The molecule has 0 bridgehead atoms. The van der Waals surface area contributed by atoms with Gasteiger partial charge < -0.3 is 4.74 Å². The third-order valence-corrected chi connectivity index (χ3v) is 4.80. The second-order valence-electron chi connectivity index (χ2n) is 5.44. The van der Waals surface area contributed by atoms with Gasteiger partial charge in [-0.15, -0.1) is 0 Å². The van der Waals surface area contributed by atoms with Gasteiger partial charge in [-0.2, -0.15) is 0 Å². The molecule has 0 N–H and O–H groups in total. The van der Waals surface area contributed by atoms with E-state index in [1.807, 2.05) is 36.8 Å². The molecule has 0 aliphatic heterocycles. The highest BCUT2D eigenvalue weighted by Gasteiger charge is 2.19. The number of halogens is 2. The van der Waals surface area contributed by atoms with Gasteiger partial charge in [0.2, 0.25) is 0 Å². The summed E-state index contributed by atoms with van der Waals surface area (Å²) >= 11 is 12.6. The number of allylic oxidation sites excluding steroid dienone is 4. The molecule has 4 nitrogen and oxygen atoms in total. The predicted molar refractivity (Wildman–Crippen MR) is 101 cm³/mol. The summed E-state index contributed by atoms with van der Waals surface area (Å²) in [7, 11) is 1.57. The van der Waals surface area contributed by atoms with E-state index in [2.05, 4.69) is 0 Å². The molecular formula is C19H14Cl2NO3. The number of ether oxygens (including phenoxy) is 1. The van der Waals surface area contributed by atoms with Crippen molar-refractivity contribution in [3.05, 3.63) is 80.7 Å². The van der Waals surface area contributed by atoms with Crippen molar-refractivity contribution in [1.82, 2.24) is 0 Å². The Morgan fingerprint density at radius 3 is 2.64 bits per heavy atom. The van der Waals surface area contributed by atoms with Crippen LogP contribution < -0.4 is 4.74 Å². The molecule has 0 unspecified atom stereocenters. The molecule has 0 spiro atoms. The fourth-order valence-electron chi connectivity index (χ4n) is 2.73. The summed E-state index contributed by atoms with van der Waals surface area (Å²) in [5.74, 6) is 0.652. The summed E-state index contributed by atoms with van der Waals surface area (Å²) in [5.41, 5.74) is 3.17. The molecule has 25 heavy (non-hydrogen) atoms. The lowest BCUT2D eigenvalue weighted by Crippen LogP contribution is -1.98. The van der Waals surface area contributed by atoms with Crippen LogP contribution in [0.3, 0.4) is 0 Å². The lowest BCUT2D eigenvalue weighted by atomic mass is 9.90. The molecule has 6 heteroatoms. The summed E-state index contributed by atoms with van der Waals surface area (Å²) in [6.07, 6.45) is 4.49. The Hall–Kier alpha value is -2.30. The average Bonchev–Trinajstić information content (AvgIpc) is 2.63. The van der Waals surface area contributed by atoms with E-state index in [1.165, 1.54) is 12.1 Å². The molecule has 0 saturated heterocycles. The van der Waals surface area contributed by atoms with Crippen molar-refractivity contribution < 1.29 is 9.66 Å². The van der Waals surface area contributed by atoms with E-state index >= 15 is 0 Å². The Morgan fingerprint density at radius 2 is 1.92 bits per heavy atom. The van der Waals surface area contributed by atoms with Crippen LogP contribution in [-0.4, -0.2) is 12.0 Å². The molecule has 0 heterocycles. The Morgan fingerprint density at radius 1 is 1.12 bits per heavy atom. The SMILES string of the molecule is COc1ccc(C2=C(Cl)C(Cl)=CC[CH]2)c(-c2cccc([N+](=O)[O-])c2)c1. The van der Waals surface area contributed by atoms with Gasteiger partial charge in [-0.05, 0) is 47.2 Å². The standard InChI is InChI=1S/C19H14Cl2NO3/c1-25-14-8-9-15(16-6-3-7-18(20)19(16)21)17(11-14)12-4-2-5-13(10-12)22(23)24/h2,4-11H,3H2,1H3. The minimum Gasteiger partial charge on any atom is -0.497 e. The maximum Gasteiger partial charge on any atom is 0.270 e. The van der Waals surface area contributed by atoms with Crippen molar-refractivity contribution >= 4 is 34.5 Å². The van der Waals surface area contributed by atoms with Crippen molar-refractivity contribution in [1.29, 1.82) is 0 Å². The molecule has 1 aliphatic rings. The molecule has 0 aromatic heterocycles. The van der Waals surface area contributed by atoms with Crippen LogP contribution in [0, 0.1) is 16.5 Å². The number of nitro benzene ring substituents is 1. The van der Waals surface area contributed by atoms with Gasteiger partial charge in [0.15, 0.2) is 0 Å². The number of hydrogen-bond donors (Lipinski definition) is 0. The summed E-state index contributed by atoms with van der Waals surface area (Å²) in [4.78, 5) is 10.7. The van der Waals surface area contributed by atoms with E-state index in [4.69, 9.17) is 27.9 Å². The van der Waals surface area contributed by atoms with Gasteiger partial charge >= 0.3 is 0 Å². The zero-order valence-corrected chi connectivity index (χ0v) is 14.8. The van der Waals surface area contributed by atoms with E-state index in [0.717, 1.165) is 16.7 Å². The Labute approximate surface area is 155 Å². The van der Waals surface area contributed by atoms with Crippen LogP contribution in [0.4, 0.5) is 5.69 Å². The van der Waals surface area contributed by atoms with Crippen LogP contribution in [0.1, 0.15) is 12.0 Å². The lowest BCUT2D eigenvalue weighted by Gasteiger charge is -2.18. The van der Waals surface area contributed by atoms with Crippen LogP contribution in [-0.2, 0) is 0 Å². The number of nitrogens with zero attached hydrogens (tertiary/aromatic N) is 1. The first-order valence-corrected chi connectivity index (χ1v) is 8.29. The largest absolute Gasteiger partial charge is 0.497 e. The lowest BCUT2D eigenvalue weighted by molar-refractivity contribution is -0.384. The van der Waals surface area contributed by atoms with Gasteiger partial charge in [-0.3, -0.25) is 10.1 Å². The molecule has 1 aliphatic carbocycles. The molecule has 2 aromatic carbocycles. The zero-order chi connectivity index (χ0) is 18.0. The Kier molecular flexibility index (Phi) is 5.11. The van der Waals surface area contributed by atoms with Gasteiger partial charge in [0.1, 0.15) is 5.75 Å². The maximum atomic E-state index is 11.1. The normalized spacial score (nSPS) is 14.3. The van der Waals surface area contributed by atoms with Crippen molar-refractivity contribution in [3.8, 4) is 16.9 Å². The molecule has 0 amide bonds. The van der Waals surface area contributed by atoms with Crippen LogP contribution in [0.15, 0.2) is 58.6 Å². The topological polar surface area (TPSA) is 52.4 Å². The second kappa shape index (κ2) is 7.30. The first-order valence-electron chi connectivity index (χ1n) is 7.53. The van der Waals surface area contributed by atoms with Crippen LogP contribution in [0.2, 0.25) is 0 Å². The third kappa shape index (κ3) is 3.55. The van der Waals surface area contributed by atoms with Crippen LogP contribution >= 0.6 is 23.2 Å². The molecule has 127 valence electrons. The molecule has 0 atom stereocenters. The Bertz CT molecular complexity index is 903. The highest BCUT2D eigenvalue weighted by atomic mass is 35.5. The fraction of sp³-hybridized carbons (Fsp3) is 0.105. The minimum absolute atomic E-state index is 0.0249. The van der Waals surface area contributed by atoms with Crippen molar-refractivity contribution in [2.75, 3.05) is 7.11 Å². The summed E-state index contributed by atoms with van der Waals surface area (Å²) in [6, 6.07) is 12.0. The Balaban J connectivity index is 2.22. The van der Waals surface area contributed by atoms with Gasteiger partial charge in [0, 0.05) is 12.1 Å². The number of benzene rings is 2. The summed E-state index contributed by atoms with van der Waals surface area (Å²) < 4.78 is 5.31. The summed E-state index contributed by atoms with van der Waals surface area (Å²) in [5, 5.41) is 12.1. The predicted octanol–water partition coefficient (Wildman–Crippen LogP) is 5.95. The van der Waals surface area contributed by atoms with E-state index < -0.39 is 4.92 Å². The molecule has 0 fully saturated rings. The first-order chi connectivity index (χ1) is 12.0. The fourth-order valence-corrected chi connectivity index (χ4v) is 3.17. The third-order valence-electron chi connectivity index (χ3n) is 3.95. The van der Waals surface area contributed by atoms with Gasteiger partial charge in [-0.25, -0.2) is 0 Å². The summed E-state index contributed by atoms with van der Waals surface area (Å²) in [6.45, 7) is 0. The van der Waals surface area contributed by atoms with Gasteiger partial charge in [0.05, 0.1) is 22.1 Å². The van der Waals surface area contributed by atoms with Crippen molar-refractivity contribution in [2.45, 2.75) is 6.42 Å². The quantitative estimate of drug-likeness (QED) is 0.490. The van der Waals surface area contributed by atoms with E-state index in [9.17, 15) is 10.1 Å². The smallest absolute Gasteiger partial charge is 0.270 e. The molecule has 0 saturated carbocycles. The number of hydrogen-bond acceptors (Lipinski definition) is 3. The number of methoxy groups -OCH3 is 1. The zero-order valence-electron chi connectivity index (χ0n) is 13.3. The number of non-ortho nitro benzene ring substituents is 1. The molecular weight excluding hydrogens is 361 g/mol. The van der Waals surface area contributed by atoms with Crippen LogP contribution in [0.5, 0.6) is 5.75 Å². The van der Waals surface area contributed by atoms with Gasteiger partial charge in [-0.1, -0.05) is 47.5 Å². The molecule has 1 radical (unpaired) electrons. The average molecular weight is 375 g/mol. The van der Waals surface area contributed by atoms with Gasteiger partial charge in [0.25, 0.3) is 5.69 Å². The van der Waals surface area contributed by atoms with Crippen LogP contribution in [0.25, 0.3) is 16.7 Å². The van der Waals surface area contributed by atoms with E-state index in [-0.39, 0.29) is 5.69 Å². The van der Waals surface area contributed by atoms with E-state index in [0.29, 0.717) is 27.8 Å². The monoisotopic (exact) mass is 374 g/mol. The first kappa shape index (κ1) is 17.5. The minimum atomic E-state index is -0.415. The van der Waals surface area contributed by atoms with E-state index in [1.54, 1.807) is 13.2 Å². The molecule has 3 rings (SSSR count). The molecule has 2 aromatic rings.